The quantitative estimate of drug-likeness (QED) is 0.438. The molecule has 186 valence electrons. The van der Waals surface area contributed by atoms with Gasteiger partial charge >= 0.3 is 0 Å². The van der Waals surface area contributed by atoms with Crippen LogP contribution < -0.4 is 0 Å². The molecule has 2 nitrogen and oxygen atoms in total. The van der Waals surface area contributed by atoms with Crippen molar-refractivity contribution in [3.63, 3.8) is 0 Å². The predicted octanol–water partition coefficient (Wildman–Crippen LogP) is 7.75. The van der Waals surface area contributed by atoms with E-state index in [1.807, 2.05) is 0 Å². The van der Waals surface area contributed by atoms with Gasteiger partial charge < -0.3 is 10.2 Å². The van der Waals surface area contributed by atoms with E-state index in [4.69, 9.17) is 0 Å². The Morgan fingerprint density at radius 3 is 1.38 bits per heavy atom. The van der Waals surface area contributed by atoms with Gasteiger partial charge in [0.15, 0.2) is 0 Å². The maximum Gasteiger partial charge on any atom is 0.0576 e. The average molecular weight is 447 g/mol. The second-order valence-electron chi connectivity index (χ2n) is 13.0. The maximum atomic E-state index is 11.5. The van der Waals surface area contributed by atoms with Crippen molar-refractivity contribution < 1.29 is 10.2 Å². The summed E-state index contributed by atoms with van der Waals surface area (Å²) in [4.78, 5) is 0. The van der Waals surface area contributed by atoms with Gasteiger partial charge in [-0.2, -0.15) is 0 Å². The Morgan fingerprint density at radius 2 is 1.03 bits per heavy atom. The lowest BCUT2D eigenvalue weighted by molar-refractivity contribution is -0.130. The smallest absolute Gasteiger partial charge is 0.0576 e. The van der Waals surface area contributed by atoms with Crippen LogP contribution in [0.3, 0.4) is 0 Å². The van der Waals surface area contributed by atoms with Crippen molar-refractivity contribution >= 4 is 0 Å². The molecule has 0 aromatic heterocycles. The van der Waals surface area contributed by atoms with Crippen LogP contribution in [0.4, 0.5) is 0 Å². The molecule has 7 unspecified atom stereocenters. The second-order valence-corrected chi connectivity index (χ2v) is 13.0. The predicted molar refractivity (Wildman–Crippen MR) is 134 cm³/mol. The highest BCUT2D eigenvalue weighted by Gasteiger charge is 2.52. The van der Waals surface area contributed by atoms with Crippen LogP contribution >= 0.6 is 0 Å². The Balaban J connectivity index is 1.45. The molecule has 0 amide bonds. The van der Waals surface area contributed by atoms with Crippen molar-refractivity contribution in [3.05, 3.63) is 0 Å². The molecule has 0 aromatic rings. The van der Waals surface area contributed by atoms with Crippen molar-refractivity contribution in [2.45, 2.75) is 142 Å². The highest BCUT2D eigenvalue weighted by atomic mass is 16.3. The van der Waals surface area contributed by atoms with Crippen LogP contribution in [0.15, 0.2) is 0 Å². The van der Waals surface area contributed by atoms with Crippen molar-refractivity contribution in [1.29, 1.82) is 0 Å². The van der Waals surface area contributed by atoms with Gasteiger partial charge in [-0.15, -0.1) is 0 Å². The number of aliphatic hydroxyl groups is 2. The lowest BCUT2D eigenvalue weighted by Gasteiger charge is -2.55. The van der Waals surface area contributed by atoms with Gasteiger partial charge in [-0.3, -0.25) is 0 Å². The fraction of sp³-hybridized carbons (Fsp3) is 1.00. The first-order valence-corrected chi connectivity index (χ1v) is 14.8. The van der Waals surface area contributed by atoms with Crippen molar-refractivity contribution in [3.8, 4) is 0 Å². The van der Waals surface area contributed by atoms with Crippen molar-refractivity contribution in [2.24, 2.45) is 46.8 Å². The van der Waals surface area contributed by atoms with Gasteiger partial charge in [0, 0.05) is 0 Å². The summed E-state index contributed by atoms with van der Waals surface area (Å²) in [6, 6.07) is 0. The highest BCUT2D eigenvalue weighted by molar-refractivity contribution is 5.02. The third kappa shape index (κ3) is 5.12. The van der Waals surface area contributed by atoms with Crippen molar-refractivity contribution in [1.82, 2.24) is 0 Å². The van der Waals surface area contributed by atoms with Gasteiger partial charge in [-0.1, -0.05) is 91.4 Å². The summed E-state index contributed by atoms with van der Waals surface area (Å²) in [5.74, 6) is 4.51. The summed E-state index contributed by atoms with van der Waals surface area (Å²) in [7, 11) is 0. The van der Waals surface area contributed by atoms with E-state index in [2.05, 4.69) is 20.8 Å². The molecule has 32 heavy (non-hydrogen) atoms. The van der Waals surface area contributed by atoms with E-state index >= 15 is 0 Å². The van der Waals surface area contributed by atoms with Gasteiger partial charge in [0.1, 0.15) is 0 Å². The molecule has 0 aliphatic heterocycles. The normalized spacial score (nSPS) is 41.2. The minimum Gasteiger partial charge on any atom is -0.393 e. The minimum absolute atomic E-state index is 0.0582. The molecule has 4 saturated carbocycles. The van der Waals surface area contributed by atoms with Crippen LogP contribution in [0.1, 0.15) is 130 Å². The fourth-order valence-electron chi connectivity index (χ4n) is 9.32. The number of hydrogen-bond donors (Lipinski definition) is 2. The summed E-state index contributed by atoms with van der Waals surface area (Å²) < 4.78 is 0. The highest BCUT2D eigenvalue weighted by Crippen LogP contribution is 2.56. The van der Waals surface area contributed by atoms with E-state index in [-0.39, 0.29) is 17.6 Å². The summed E-state index contributed by atoms with van der Waals surface area (Å²) >= 11 is 0. The molecular formula is C30H54O2. The Labute approximate surface area is 199 Å². The first-order chi connectivity index (χ1) is 15.4. The summed E-state index contributed by atoms with van der Waals surface area (Å²) in [6.07, 6.45) is 21.9. The second kappa shape index (κ2) is 11.1. The third-order valence-corrected chi connectivity index (χ3v) is 11.6. The Bertz CT molecular complexity index is 519. The zero-order valence-electron chi connectivity index (χ0n) is 21.6. The van der Waals surface area contributed by atoms with Gasteiger partial charge in [-0.25, -0.2) is 0 Å². The zero-order chi connectivity index (χ0) is 22.7. The van der Waals surface area contributed by atoms with Crippen molar-refractivity contribution in [2.75, 3.05) is 0 Å². The van der Waals surface area contributed by atoms with Crippen LogP contribution in [0.25, 0.3) is 0 Å². The Morgan fingerprint density at radius 1 is 0.625 bits per heavy atom. The summed E-state index contributed by atoms with van der Waals surface area (Å²) in [6.45, 7) is 7.22. The topological polar surface area (TPSA) is 40.5 Å². The average Bonchev–Trinajstić information content (AvgIpc) is 2.84. The maximum absolute atomic E-state index is 11.5. The molecule has 0 bridgehead atoms. The molecule has 2 heteroatoms. The monoisotopic (exact) mass is 446 g/mol. The van der Waals surface area contributed by atoms with Crippen LogP contribution in [0.2, 0.25) is 0 Å². The van der Waals surface area contributed by atoms with E-state index < -0.39 is 0 Å². The Kier molecular flexibility index (Phi) is 8.69. The van der Waals surface area contributed by atoms with Gasteiger partial charge in [0.05, 0.1) is 12.2 Å². The van der Waals surface area contributed by atoms with E-state index in [0.717, 1.165) is 42.9 Å². The zero-order valence-corrected chi connectivity index (χ0v) is 21.6. The lowest BCUT2D eigenvalue weighted by Crippen LogP contribution is -2.53. The van der Waals surface area contributed by atoms with E-state index in [1.54, 1.807) is 0 Å². The minimum atomic E-state index is -0.169. The standard InChI is InChI=1S/C30H54O2/c1-4-21(2)30(3,26-17-15-24(19-28(26)31)22-11-7-5-8-12-22)27-18-16-25(20-29(27)32)23-13-9-6-10-14-23/h21-29,31-32H,4-20H2,1-3H3. The fourth-order valence-corrected chi connectivity index (χ4v) is 9.32. The molecule has 0 spiro atoms. The number of aliphatic hydroxyl groups excluding tert-OH is 2. The summed E-state index contributed by atoms with van der Waals surface area (Å²) in [5, 5.41) is 23.1. The molecule has 0 aromatic carbocycles. The molecule has 0 saturated heterocycles. The molecule has 0 heterocycles. The van der Waals surface area contributed by atoms with Gasteiger partial charge in [-0.05, 0) is 85.4 Å². The van der Waals surface area contributed by atoms with Gasteiger partial charge in [0.25, 0.3) is 0 Å². The summed E-state index contributed by atoms with van der Waals surface area (Å²) in [5.41, 5.74) is 0.0582. The number of hydrogen-bond acceptors (Lipinski definition) is 2. The van der Waals surface area contributed by atoms with Crippen LogP contribution in [0, 0.1) is 46.8 Å². The van der Waals surface area contributed by atoms with Crippen LogP contribution in [-0.4, -0.2) is 22.4 Å². The van der Waals surface area contributed by atoms with Crippen LogP contribution in [0.5, 0.6) is 0 Å². The number of rotatable bonds is 6. The van der Waals surface area contributed by atoms with Gasteiger partial charge in [0.2, 0.25) is 0 Å². The van der Waals surface area contributed by atoms with E-state index in [1.165, 1.54) is 89.9 Å². The molecule has 4 aliphatic rings. The first-order valence-electron chi connectivity index (χ1n) is 14.8. The SMILES string of the molecule is CCC(C)C(C)(C1CCC(C2CCCCC2)CC1O)C1CCC(C2CCCCC2)CC1O. The molecular weight excluding hydrogens is 392 g/mol. The molecule has 4 aliphatic carbocycles. The molecule has 7 atom stereocenters. The molecule has 2 N–H and O–H groups in total. The molecule has 0 radical (unpaired) electrons. The molecule has 4 fully saturated rings. The first kappa shape index (κ1) is 25.0. The molecule has 4 rings (SSSR count). The lowest BCUT2D eigenvalue weighted by atomic mass is 9.51. The van der Waals surface area contributed by atoms with Crippen LogP contribution in [-0.2, 0) is 0 Å². The Hall–Kier alpha value is -0.0800. The van der Waals surface area contributed by atoms with E-state index in [9.17, 15) is 10.2 Å². The van der Waals surface area contributed by atoms with E-state index in [0.29, 0.717) is 17.8 Å². The largest absolute Gasteiger partial charge is 0.393 e. The third-order valence-electron chi connectivity index (χ3n) is 11.6.